The Balaban J connectivity index is 1.35. The monoisotopic (exact) mass is 595 g/mol. The summed E-state index contributed by atoms with van der Waals surface area (Å²) < 4.78 is 27.3. The van der Waals surface area contributed by atoms with Gasteiger partial charge in [-0.15, -0.1) is 0 Å². The number of piperazine rings is 1. The summed E-state index contributed by atoms with van der Waals surface area (Å²) in [6.45, 7) is 1.78. The molecule has 1 saturated carbocycles. The van der Waals surface area contributed by atoms with Crippen LogP contribution in [0.2, 0.25) is 5.02 Å². The van der Waals surface area contributed by atoms with E-state index in [2.05, 4.69) is 10.6 Å². The zero-order chi connectivity index (χ0) is 29.8. The van der Waals surface area contributed by atoms with E-state index >= 15 is 0 Å². The maximum atomic E-state index is 13.8. The molecule has 2 fully saturated rings. The highest BCUT2D eigenvalue weighted by Gasteiger charge is 2.26. The van der Waals surface area contributed by atoms with Gasteiger partial charge in [0.15, 0.2) is 11.6 Å². The van der Waals surface area contributed by atoms with Gasteiger partial charge in [0, 0.05) is 60.0 Å². The normalized spacial score (nSPS) is 18.9. The van der Waals surface area contributed by atoms with Crippen LogP contribution in [0.1, 0.15) is 56.8 Å². The number of halogens is 3. The molecule has 0 radical (unpaired) electrons. The molecule has 4 N–H and O–H groups in total. The number of hydrogen-bond donors (Lipinski definition) is 3. The molecule has 3 aromatic rings. The minimum Gasteiger partial charge on any atom is -0.366 e. The molecule has 0 spiro atoms. The summed E-state index contributed by atoms with van der Waals surface area (Å²) >= 11 is 6.06. The van der Waals surface area contributed by atoms with Gasteiger partial charge in [-0.2, -0.15) is 0 Å². The summed E-state index contributed by atoms with van der Waals surface area (Å²) in [5.74, 6) is -3.24. The standard InChI is InChI=1S/C31H32ClF2N5O3/c32-22-3-1-2-21(16-22)31(42)39-14-12-38(13-15-39)28-11-5-20(29(40)36-24-8-6-23(35)7-9-24)18-27(28)37-30(41)19-4-10-25(33)26(34)17-19/h1-5,10-11,16-18,23-24H,6-9,12-15,35H2,(H,36,40)(H,37,41). The molecule has 1 aliphatic heterocycles. The first-order chi connectivity index (χ1) is 20.2. The second kappa shape index (κ2) is 12.9. The molecule has 1 aliphatic carbocycles. The summed E-state index contributed by atoms with van der Waals surface area (Å²) in [6.07, 6.45) is 3.27. The van der Waals surface area contributed by atoms with Gasteiger partial charge in [0.2, 0.25) is 0 Å². The maximum absolute atomic E-state index is 13.8. The molecule has 1 saturated heterocycles. The second-order valence-electron chi connectivity index (χ2n) is 10.7. The van der Waals surface area contributed by atoms with Crippen molar-refractivity contribution in [3.8, 4) is 0 Å². The van der Waals surface area contributed by atoms with Crippen LogP contribution < -0.4 is 21.3 Å². The zero-order valence-electron chi connectivity index (χ0n) is 22.9. The molecule has 0 atom stereocenters. The van der Waals surface area contributed by atoms with Crippen LogP contribution in [0.3, 0.4) is 0 Å². The van der Waals surface area contributed by atoms with Crippen molar-refractivity contribution in [3.05, 3.63) is 94.0 Å². The highest BCUT2D eigenvalue weighted by molar-refractivity contribution is 6.31. The molecular formula is C31H32ClF2N5O3. The fraction of sp³-hybridized carbons (Fsp3) is 0.323. The minimum absolute atomic E-state index is 0.0160. The Kier molecular flexibility index (Phi) is 9.03. The largest absolute Gasteiger partial charge is 0.366 e. The minimum atomic E-state index is -1.14. The van der Waals surface area contributed by atoms with E-state index in [-0.39, 0.29) is 29.5 Å². The Morgan fingerprint density at radius 1 is 0.786 bits per heavy atom. The van der Waals surface area contributed by atoms with Crippen molar-refractivity contribution in [2.75, 3.05) is 36.4 Å². The van der Waals surface area contributed by atoms with Crippen LogP contribution >= 0.6 is 11.6 Å². The Morgan fingerprint density at radius 3 is 2.17 bits per heavy atom. The van der Waals surface area contributed by atoms with E-state index in [0.717, 1.165) is 37.8 Å². The summed E-state index contributed by atoms with van der Waals surface area (Å²) in [5.41, 5.74) is 7.77. The lowest BCUT2D eigenvalue weighted by molar-refractivity contribution is 0.0746. The Labute approximate surface area is 247 Å². The Bertz CT molecular complexity index is 1490. The highest BCUT2D eigenvalue weighted by Crippen LogP contribution is 2.30. The molecule has 11 heteroatoms. The van der Waals surface area contributed by atoms with Gasteiger partial charge in [0.1, 0.15) is 0 Å². The number of nitrogens with one attached hydrogen (secondary N) is 2. The maximum Gasteiger partial charge on any atom is 0.255 e. The van der Waals surface area contributed by atoms with Gasteiger partial charge in [-0.1, -0.05) is 17.7 Å². The van der Waals surface area contributed by atoms with Crippen LogP contribution in [0.5, 0.6) is 0 Å². The average molecular weight is 596 g/mol. The molecule has 220 valence electrons. The molecule has 3 amide bonds. The first kappa shape index (κ1) is 29.5. The molecule has 0 unspecified atom stereocenters. The summed E-state index contributed by atoms with van der Waals surface area (Å²) in [5, 5.41) is 6.32. The van der Waals surface area contributed by atoms with Gasteiger partial charge in [0.05, 0.1) is 11.4 Å². The average Bonchev–Trinajstić information content (AvgIpc) is 2.99. The summed E-state index contributed by atoms with van der Waals surface area (Å²) in [6, 6.07) is 14.9. The third-order valence-corrected chi connectivity index (χ3v) is 8.01. The van der Waals surface area contributed by atoms with Gasteiger partial charge in [-0.25, -0.2) is 8.78 Å². The topological polar surface area (TPSA) is 108 Å². The van der Waals surface area contributed by atoms with Crippen molar-refractivity contribution < 1.29 is 23.2 Å². The van der Waals surface area contributed by atoms with Crippen molar-refractivity contribution in [2.45, 2.75) is 37.8 Å². The number of anilines is 2. The Morgan fingerprint density at radius 2 is 1.48 bits per heavy atom. The fourth-order valence-corrected chi connectivity index (χ4v) is 5.56. The predicted molar refractivity (Wildman–Crippen MR) is 158 cm³/mol. The van der Waals surface area contributed by atoms with Crippen molar-refractivity contribution >= 4 is 40.7 Å². The Hall–Kier alpha value is -4.02. The number of amides is 3. The third kappa shape index (κ3) is 6.88. The zero-order valence-corrected chi connectivity index (χ0v) is 23.7. The molecule has 3 aromatic carbocycles. The first-order valence-corrected chi connectivity index (χ1v) is 14.3. The quantitative estimate of drug-likeness (QED) is 0.378. The highest BCUT2D eigenvalue weighted by atomic mass is 35.5. The SMILES string of the molecule is NC1CCC(NC(=O)c2ccc(N3CCN(C(=O)c4cccc(Cl)c4)CC3)c(NC(=O)c3ccc(F)c(F)c3)c2)CC1. The van der Waals surface area contributed by atoms with E-state index in [1.54, 1.807) is 47.4 Å². The molecule has 8 nitrogen and oxygen atoms in total. The molecule has 2 aliphatic rings. The van der Waals surface area contributed by atoms with E-state index < -0.39 is 17.5 Å². The lowest BCUT2D eigenvalue weighted by atomic mass is 9.91. The number of hydrogen-bond acceptors (Lipinski definition) is 5. The summed E-state index contributed by atoms with van der Waals surface area (Å²) in [7, 11) is 0. The van der Waals surface area contributed by atoms with Crippen LogP contribution in [0.25, 0.3) is 0 Å². The number of nitrogens with two attached hydrogens (primary N) is 1. The van der Waals surface area contributed by atoms with E-state index in [1.165, 1.54) is 6.07 Å². The second-order valence-corrected chi connectivity index (χ2v) is 11.1. The third-order valence-electron chi connectivity index (χ3n) is 7.77. The van der Waals surface area contributed by atoms with E-state index in [9.17, 15) is 23.2 Å². The lowest BCUT2D eigenvalue weighted by Gasteiger charge is -2.37. The van der Waals surface area contributed by atoms with E-state index in [4.69, 9.17) is 17.3 Å². The molecule has 0 aromatic heterocycles. The van der Waals surface area contributed by atoms with Crippen LogP contribution in [-0.4, -0.2) is 60.9 Å². The predicted octanol–water partition coefficient (Wildman–Crippen LogP) is 4.83. The van der Waals surface area contributed by atoms with Crippen molar-refractivity contribution in [2.24, 2.45) is 5.73 Å². The molecule has 5 rings (SSSR count). The van der Waals surface area contributed by atoms with Crippen LogP contribution in [0, 0.1) is 11.6 Å². The lowest BCUT2D eigenvalue weighted by Crippen LogP contribution is -2.49. The van der Waals surface area contributed by atoms with Gasteiger partial charge >= 0.3 is 0 Å². The number of carbonyl (C=O) groups excluding carboxylic acids is 3. The van der Waals surface area contributed by atoms with Crippen molar-refractivity contribution in [1.82, 2.24) is 10.2 Å². The number of nitrogens with zero attached hydrogens (tertiary/aromatic N) is 2. The molecule has 42 heavy (non-hydrogen) atoms. The van der Waals surface area contributed by atoms with Crippen LogP contribution in [0.15, 0.2) is 60.7 Å². The van der Waals surface area contributed by atoms with Crippen molar-refractivity contribution in [1.29, 1.82) is 0 Å². The molecule has 1 heterocycles. The van der Waals surface area contributed by atoms with Crippen LogP contribution in [0.4, 0.5) is 20.2 Å². The van der Waals surface area contributed by atoms with Gasteiger partial charge in [-0.3, -0.25) is 14.4 Å². The molecule has 0 bridgehead atoms. The van der Waals surface area contributed by atoms with Crippen molar-refractivity contribution in [3.63, 3.8) is 0 Å². The molecular weight excluding hydrogens is 564 g/mol. The van der Waals surface area contributed by atoms with E-state index in [0.29, 0.717) is 53.7 Å². The number of rotatable bonds is 6. The first-order valence-electron chi connectivity index (χ1n) is 13.9. The smallest absolute Gasteiger partial charge is 0.255 e. The van der Waals surface area contributed by atoms with Crippen LogP contribution in [-0.2, 0) is 0 Å². The van der Waals surface area contributed by atoms with E-state index in [1.807, 2.05) is 4.90 Å². The fourth-order valence-electron chi connectivity index (χ4n) is 5.37. The number of benzene rings is 3. The number of carbonyl (C=O) groups is 3. The summed E-state index contributed by atoms with van der Waals surface area (Å²) in [4.78, 5) is 43.0. The van der Waals surface area contributed by atoms with Gasteiger partial charge < -0.3 is 26.2 Å². The van der Waals surface area contributed by atoms with Gasteiger partial charge in [0.25, 0.3) is 17.7 Å². The van der Waals surface area contributed by atoms with Gasteiger partial charge in [-0.05, 0) is 80.3 Å².